The van der Waals surface area contributed by atoms with E-state index < -0.39 is 34.7 Å². The SMILES string of the molecule is Cc1cc(-n2nc3c(c2-n2ccn(-c4ccc5c(cnn5C)c4F)c2=O)[C@H](C)N(C(=O)OC(C)(C)C)CC3(C)C)cc(C)c1F. The second-order valence-electron chi connectivity index (χ2n) is 13.5. The second kappa shape index (κ2) is 10.1. The summed E-state index contributed by atoms with van der Waals surface area (Å²) in [5.74, 6) is -0.533. The molecule has 2 aromatic carbocycles. The molecule has 0 unspecified atom stereocenters. The smallest absolute Gasteiger partial charge is 0.410 e. The number of amides is 1. The van der Waals surface area contributed by atoms with Crippen molar-refractivity contribution in [3.63, 3.8) is 0 Å². The van der Waals surface area contributed by atoms with Crippen molar-refractivity contribution >= 4 is 17.0 Å². The van der Waals surface area contributed by atoms with Crippen molar-refractivity contribution in [1.82, 2.24) is 33.6 Å². The molecular weight excluding hydrogens is 580 g/mol. The van der Waals surface area contributed by atoms with Gasteiger partial charge in [0.25, 0.3) is 0 Å². The highest BCUT2D eigenvalue weighted by Gasteiger charge is 2.45. The second-order valence-corrected chi connectivity index (χ2v) is 13.5. The van der Waals surface area contributed by atoms with Crippen LogP contribution in [-0.4, -0.2) is 51.8 Å². The Hall–Kier alpha value is -4.74. The fourth-order valence-electron chi connectivity index (χ4n) is 6.19. The molecule has 5 aromatic rings. The number of nitrogens with zero attached hydrogens (tertiary/aromatic N) is 7. The normalized spacial score (nSPS) is 16.3. The largest absolute Gasteiger partial charge is 0.444 e. The third-order valence-electron chi connectivity index (χ3n) is 8.39. The number of benzene rings is 2. The number of hydrogen-bond donors (Lipinski definition) is 0. The van der Waals surface area contributed by atoms with Crippen LogP contribution in [0.4, 0.5) is 13.6 Å². The molecule has 3 aromatic heterocycles. The van der Waals surface area contributed by atoms with Crippen LogP contribution in [-0.2, 0) is 17.2 Å². The standard InChI is InChI=1S/C33H37F2N7O3/c1-18-14-21(15-19(2)26(18)34)42-29(25-20(3)41(31(44)45-32(4,5)6)17-33(7,8)28(25)37-42)40-13-12-39(30(40)43)24-11-10-23-22(27(24)35)16-36-38(23)9/h10-16,20H,17H2,1-9H3/t20-/m0/s1. The maximum absolute atomic E-state index is 15.7. The number of ether oxygens (including phenoxy) is 1. The number of aryl methyl sites for hydroxylation is 3. The Morgan fingerprint density at radius 2 is 1.69 bits per heavy atom. The quantitative estimate of drug-likeness (QED) is 0.241. The van der Waals surface area contributed by atoms with Crippen LogP contribution in [0.25, 0.3) is 28.1 Å². The molecule has 1 aliphatic heterocycles. The average Bonchev–Trinajstić information content (AvgIpc) is 3.64. The number of carbonyl (C=O) groups is 1. The van der Waals surface area contributed by atoms with E-state index in [1.54, 1.807) is 65.6 Å². The third-order valence-corrected chi connectivity index (χ3v) is 8.39. The van der Waals surface area contributed by atoms with Crippen LogP contribution in [0, 0.1) is 25.5 Å². The lowest BCUT2D eigenvalue weighted by Crippen LogP contribution is -2.48. The van der Waals surface area contributed by atoms with Gasteiger partial charge >= 0.3 is 11.8 Å². The number of imidazole rings is 1. The first-order valence-electron chi connectivity index (χ1n) is 14.8. The molecule has 236 valence electrons. The predicted octanol–water partition coefficient (Wildman–Crippen LogP) is 6.18. The molecule has 0 saturated carbocycles. The van der Waals surface area contributed by atoms with Crippen molar-refractivity contribution in [1.29, 1.82) is 0 Å². The highest BCUT2D eigenvalue weighted by molar-refractivity contribution is 5.81. The maximum atomic E-state index is 15.7. The molecule has 0 aliphatic carbocycles. The van der Waals surface area contributed by atoms with E-state index in [2.05, 4.69) is 5.10 Å². The summed E-state index contributed by atoms with van der Waals surface area (Å²) >= 11 is 0. The molecule has 0 spiro atoms. The van der Waals surface area contributed by atoms with Gasteiger partial charge in [-0.2, -0.15) is 10.2 Å². The van der Waals surface area contributed by atoms with E-state index in [1.807, 2.05) is 41.5 Å². The van der Waals surface area contributed by atoms with Crippen LogP contribution < -0.4 is 5.69 Å². The monoisotopic (exact) mass is 617 g/mol. The molecule has 0 N–H and O–H groups in total. The van der Waals surface area contributed by atoms with Crippen molar-refractivity contribution in [3.05, 3.63) is 87.4 Å². The summed E-state index contributed by atoms with van der Waals surface area (Å²) in [4.78, 5) is 29.4. The maximum Gasteiger partial charge on any atom is 0.410 e. The van der Waals surface area contributed by atoms with Gasteiger partial charge in [0.15, 0.2) is 5.82 Å². The minimum Gasteiger partial charge on any atom is -0.444 e. The number of fused-ring (bicyclic) bond motifs is 2. The molecule has 12 heteroatoms. The molecule has 0 fully saturated rings. The molecule has 0 bridgehead atoms. The van der Waals surface area contributed by atoms with Gasteiger partial charge < -0.3 is 9.64 Å². The van der Waals surface area contributed by atoms with Crippen LogP contribution in [0.3, 0.4) is 0 Å². The summed E-state index contributed by atoms with van der Waals surface area (Å²) in [6.07, 6.45) is 3.99. The fourth-order valence-corrected chi connectivity index (χ4v) is 6.19. The summed E-state index contributed by atoms with van der Waals surface area (Å²) in [5.41, 5.74) is 1.46. The van der Waals surface area contributed by atoms with Gasteiger partial charge in [-0.3, -0.25) is 13.8 Å². The fraction of sp³-hybridized carbons (Fsp3) is 0.394. The Morgan fingerprint density at radius 3 is 2.33 bits per heavy atom. The van der Waals surface area contributed by atoms with Crippen molar-refractivity contribution in [2.24, 2.45) is 7.05 Å². The lowest BCUT2D eigenvalue weighted by atomic mass is 9.80. The summed E-state index contributed by atoms with van der Waals surface area (Å²) in [5, 5.41) is 9.46. The highest BCUT2D eigenvalue weighted by Crippen LogP contribution is 2.43. The lowest BCUT2D eigenvalue weighted by molar-refractivity contribution is 0.00979. The van der Waals surface area contributed by atoms with Crippen LogP contribution in [0.1, 0.15) is 70.0 Å². The zero-order valence-electron chi connectivity index (χ0n) is 26.9. The van der Waals surface area contributed by atoms with Crippen LogP contribution in [0.2, 0.25) is 0 Å². The van der Waals surface area contributed by atoms with Crippen LogP contribution >= 0.6 is 0 Å². The van der Waals surface area contributed by atoms with E-state index in [4.69, 9.17) is 9.84 Å². The average molecular weight is 618 g/mol. The number of hydrogen-bond acceptors (Lipinski definition) is 5. The predicted molar refractivity (Wildman–Crippen MR) is 167 cm³/mol. The van der Waals surface area contributed by atoms with Gasteiger partial charge in [0, 0.05) is 37.0 Å². The zero-order chi connectivity index (χ0) is 32.7. The van der Waals surface area contributed by atoms with Crippen molar-refractivity contribution in [2.45, 2.75) is 72.4 Å². The Bertz CT molecular complexity index is 2040. The van der Waals surface area contributed by atoms with Gasteiger partial charge in [-0.05, 0) is 76.9 Å². The van der Waals surface area contributed by atoms with Crippen molar-refractivity contribution < 1.29 is 18.3 Å². The molecule has 6 rings (SSSR count). The first kappa shape index (κ1) is 30.3. The molecule has 1 aliphatic rings. The van der Waals surface area contributed by atoms with E-state index in [0.29, 0.717) is 46.0 Å². The first-order valence-corrected chi connectivity index (χ1v) is 14.8. The Balaban J connectivity index is 1.61. The summed E-state index contributed by atoms with van der Waals surface area (Å²) in [7, 11) is 1.72. The van der Waals surface area contributed by atoms with Crippen molar-refractivity contribution in [3.8, 4) is 17.2 Å². The van der Waals surface area contributed by atoms with Gasteiger partial charge in [-0.25, -0.2) is 23.1 Å². The highest BCUT2D eigenvalue weighted by atomic mass is 19.1. The summed E-state index contributed by atoms with van der Waals surface area (Å²) < 4.78 is 42.1. The topological polar surface area (TPSA) is 92.1 Å². The third kappa shape index (κ3) is 4.83. The molecule has 10 nitrogen and oxygen atoms in total. The van der Waals surface area contributed by atoms with Gasteiger partial charge in [0.2, 0.25) is 0 Å². The molecule has 4 heterocycles. The lowest BCUT2D eigenvalue weighted by Gasteiger charge is -2.41. The first-order chi connectivity index (χ1) is 21.0. The number of rotatable bonds is 3. The number of halogens is 2. The molecule has 1 amide bonds. The van der Waals surface area contributed by atoms with E-state index in [9.17, 15) is 14.0 Å². The Labute approximate surface area is 259 Å². The van der Waals surface area contributed by atoms with E-state index in [0.717, 1.165) is 0 Å². The Kier molecular flexibility index (Phi) is 6.83. The van der Waals surface area contributed by atoms with Gasteiger partial charge in [-0.15, -0.1) is 0 Å². The minimum atomic E-state index is -0.717. The molecule has 1 atom stereocenters. The van der Waals surface area contributed by atoms with E-state index >= 15 is 4.39 Å². The summed E-state index contributed by atoms with van der Waals surface area (Å²) in [6, 6.07) is 6.05. The zero-order valence-corrected chi connectivity index (χ0v) is 26.9. The van der Waals surface area contributed by atoms with Crippen LogP contribution in [0.5, 0.6) is 0 Å². The number of aromatic nitrogens is 6. The van der Waals surface area contributed by atoms with E-state index in [1.165, 1.54) is 21.5 Å². The number of carbonyl (C=O) groups excluding carboxylic acids is 1. The van der Waals surface area contributed by atoms with Gasteiger partial charge in [0.1, 0.15) is 17.2 Å². The van der Waals surface area contributed by atoms with E-state index in [-0.39, 0.29) is 16.9 Å². The van der Waals surface area contributed by atoms with Crippen molar-refractivity contribution in [2.75, 3.05) is 6.54 Å². The molecule has 0 radical (unpaired) electrons. The minimum absolute atomic E-state index is 0.0661. The molecule has 45 heavy (non-hydrogen) atoms. The summed E-state index contributed by atoms with van der Waals surface area (Å²) in [6.45, 7) is 14.9. The van der Waals surface area contributed by atoms with Gasteiger partial charge in [0.05, 0.1) is 40.2 Å². The van der Waals surface area contributed by atoms with Crippen LogP contribution in [0.15, 0.2) is 47.7 Å². The molecule has 0 saturated heterocycles. The molecular formula is C33H37F2N7O3. The Morgan fingerprint density at radius 1 is 1.04 bits per heavy atom. The van der Waals surface area contributed by atoms with Gasteiger partial charge in [-0.1, -0.05) is 13.8 Å².